The van der Waals surface area contributed by atoms with Crippen molar-refractivity contribution in [2.45, 2.75) is 27.2 Å². The average molecular weight is 356 g/mol. The minimum absolute atomic E-state index is 0.900. The first-order chi connectivity index (χ1) is 13.3. The summed E-state index contributed by atoms with van der Waals surface area (Å²) >= 11 is 0. The monoisotopic (exact) mass is 355 g/mol. The van der Waals surface area contributed by atoms with Crippen LogP contribution in [0.4, 0.5) is 0 Å². The maximum absolute atomic E-state index is 5.70. The minimum Gasteiger partial charge on any atom is -0.405 e. The van der Waals surface area contributed by atoms with Gasteiger partial charge >= 0.3 is 0 Å². The van der Waals surface area contributed by atoms with E-state index in [1.807, 2.05) is 32.9 Å². The van der Waals surface area contributed by atoms with E-state index in [-0.39, 0.29) is 0 Å². The molecule has 0 aliphatic heterocycles. The summed E-state index contributed by atoms with van der Waals surface area (Å²) < 4.78 is 0. The fraction of sp³-hybridized carbons (Fsp3) is 0.154. The van der Waals surface area contributed by atoms with Crippen molar-refractivity contribution in [1.82, 2.24) is 0 Å². The van der Waals surface area contributed by atoms with E-state index in [1.165, 1.54) is 33.4 Å². The van der Waals surface area contributed by atoms with Crippen molar-refractivity contribution in [2.24, 2.45) is 5.73 Å². The van der Waals surface area contributed by atoms with Crippen molar-refractivity contribution < 1.29 is 0 Å². The molecule has 0 atom stereocenters. The molecule has 0 unspecified atom stereocenters. The molecule has 138 valence electrons. The van der Waals surface area contributed by atoms with E-state index < -0.39 is 0 Å². The van der Waals surface area contributed by atoms with Gasteiger partial charge in [0.2, 0.25) is 0 Å². The van der Waals surface area contributed by atoms with Gasteiger partial charge in [0.15, 0.2) is 0 Å². The predicted octanol–water partition coefficient (Wildman–Crippen LogP) is 6.93. The Labute approximate surface area is 163 Å². The molecule has 1 nitrogen and oxygen atoms in total. The first-order valence-corrected chi connectivity index (χ1v) is 9.59. The first kappa shape index (κ1) is 20.3. The zero-order valence-corrected chi connectivity index (χ0v) is 16.5. The van der Waals surface area contributed by atoms with Gasteiger partial charge < -0.3 is 5.73 Å². The lowest BCUT2D eigenvalue weighted by atomic mass is 9.93. The highest BCUT2D eigenvalue weighted by Gasteiger charge is 2.07. The molecule has 0 saturated carbocycles. The van der Waals surface area contributed by atoms with Crippen molar-refractivity contribution in [2.75, 3.05) is 0 Å². The topological polar surface area (TPSA) is 26.0 Å². The predicted molar refractivity (Wildman–Crippen MR) is 120 cm³/mol. The van der Waals surface area contributed by atoms with Gasteiger partial charge in [-0.05, 0) is 65.1 Å². The Morgan fingerprint density at radius 3 is 2.19 bits per heavy atom. The molecule has 0 fully saturated rings. The van der Waals surface area contributed by atoms with E-state index in [4.69, 9.17) is 5.73 Å². The second-order valence-corrected chi connectivity index (χ2v) is 6.02. The van der Waals surface area contributed by atoms with E-state index in [9.17, 15) is 0 Å². The fourth-order valence-electron chi connectivity index (χ4n) is 3.08. The quantitative estimate of drug-likeness (QED) is 0.527. The van der Waals surface area contributed by atoms with Crippen LogP contribution in [0.15, 0.2) is 85.1 Å². The van der Waals surface area contributed by atoms with Gasteiger partial charge in [0, 0.05) is 0 Å². The number of nitrogens with two attached hydrogens (primary N) is 1. The third-order valence-corrected chi connectivity index (χ3v) is 4.28. The zero-order valence-electron chi connectivity index (χ0n) is 16.5. The van der Waals surface area contributed by atoms with Crippen molar-refractivity contribution in [1.29, 1.82) is 0 Å². The molecule has 0 spiro atoms. The molecule has 0 aromatic heterocycles. The van der Waals surface area contributed by atoms with Crippen LogP contribution in [0.3, 0.4) is 0 Å². The van der Waals surface area contributed by atoms with E-state index in [1.54, 1.807) is 6.20 Å². The number of hydrogen-bond donors (Lipinski definition) is 1. The molecule has 1 heteroatoms. The van der Waals surface area contributed by atoms with E-state index in [0.717, 1.165) is 6.42 Å². The molecule has 0 aliphatic carbocycles. The van der Waals surface area contributed by atoms with Crippen LogP contribution in [-0.4, -0.2) is 0 Å². The van der Waals surface area contributed by atoms with Crippen LogP contribution in [0.2, 0.25) is 0 Å². The highest BCUT2D eigenvalue weighted by Crippen LogP contribution is 2.28. The summed E-state index contributed by atoms with van der Waals surface area (Å²) in [4.78, 5) is 0. The molecule has 3 aromatic rings. The molecule has 2 N–H and O–H groups in total. The average Bonchev–Trinajstić information content (AvgIpc) is 2.72. The molecule has 0 aliphatic rings. The number of hydrogen-bond acceptors (Lipinski definition) is 1. The lowest BCUT2D eigenvalue weighted by molar-refractivity contribution is 1.18. The third kappa shape index (κ3) is 5.46. The molecule has 0 heterocycles. The van der Waals surface area contributed by atoms with Crippen LogP contribution in [0, 0.1) is 0 Å². The fourth-order valence-corrected chi connectivity index (χ4v) is 3.08. The third-order valence-electron chi connectivity index (χ3n) is 4.28. The highest BCUT2D eigenvalue weighted by molar-refractivity contribution is 5.77. The Kier molecular flexibility index (Phi) is 8.12. The molecule has 3 aromatic carbocycles. The summed E-state index contributed by atoms with van der Waals surface area (Å²) in [6, 6.07) is 25.6. The summed E-state index contributed by atoms with van der Waals surface area (Å²) in [5.74, 6) is 0. The van der Waals surface area contributed by atoms with E-state index >= 15 is 0 Å². The van der Waals surface area contributed by atoms with Crippen LogP contribution >= 0.6 is 0 Å². The molecular weight excluding hydrogens is 326 g/mol. The van der Waals surface area contributed by atoms with Gasteiger partial charge in [0.1, 0.15) is 0 Å². The van der Waals surface area contributed by atoms with Crippen molar-refractivity contribution in [3.05, 3.63) is 107 Å². The number of rotatable bonds is 5. The Bertz CT molecular complexity index is 889. The van der Waals surface area contributed by atoms with Gasteiger partial charge in [-0.1, -0.05) is 92.7 Å². The Hall–Kier alpha value is -3.06. The standard InChI is InChI=1S/C24H23N.C2H6/c1-2-8-20-11-6-7-12-24(20)23-14-13-21(22(18-23)15-16-25)17-19-9-4-3-5-10-19;1-2/h2-16,18H,17,25H2,1H3;1-2H3/b8-2+,16-15-;. The second-order valence-electron chi connectivity index (χ2n) is 6.02. The summed E-state index contributed by atoms with van der Waals surface area (Å²) in [5, 5.41) is 0. The Morgan fingerprint density at radius 2 is 1.48 bits per heavy atom. The lowest BCUT2D eigenvalue weighted by Crippen LogP contribution is -1.94. The van der Waals surface area contributed by atoms with Crippen molar-refractivity contribution >= 4 is 12.2 Å². The Morgan fingerprint density at radius 1 is 0.778 bits per heavy atom. The largest absolute Gasteiger partial charge is 0.405 e. The Balaban J connectivity index is 0.00000126. The molecule has 0 bridgehead atoms. The summed E-state index contributed by atoms with van der Waals surface area (Å²) in [7, 11) is 0. The highest BCUT2D eigenvalue weighted by atomic mass is 14.5. The van der Waals surface area contributed by atoms with Crippen LogP contribution in [0.5, 0.6) is 0 Å². The van der Waals surface area contributed by atoms with Gasteiger partial charge in [0.05, 0.1) is 0 Å². The number of benzene rings is 3. The van der Waals surface area contributed by atoms with Gasteiger partial charge in [-0.3, -0.25) is 0 Å². The molecule has 0 amide bonds. The van der Waals surface area contributed by atoms with Crippen molar-refractivity contribution in [3.8, 4) is 11.1 Å². The van der Waals surface area contributed by atoms with Crippen LogP contribution in [-0.2, 0) is 6.42 Å². The second kappa shape index (κ2) is 10.8. The van der Waals surface area contributed by atoms with Gasteiger partial charge in [0.25, 0.3) is 0 Å². The summed E-state index contributed by atoms with van der Waals surface area (Å²) in [6.45, 7) is 6.04. The summed E-state index contributed by atoms with van der Waals surface area (Å²) in [5.41, 5.74) is 13.1. The van der Waals surface area contributed by atoms with Gasteiger partial charge in [-0.25, -0.2) is 0 Å². The smallest absolute Gasteiger partial charge is 0.00198 e. The molecule has 27 heavy (non-hydrogen) atoms. The molecule has 0 radical (unpaired) electrons. The maximum atomic E-state index is 5.70. The lowest BCUT2D eigenvalue weighted by Gasteiger charge is -2.12. The first-order valence-electron chi connectivity index (χ1n) is 9.59. The number of allylic oxidation sites excluding steroid dienone is 1. The SMILES string of the molecule is C/C=C/c1ccccc1-c1ccc(Cc2ccccc2)c(/C=C\N)c1.CC. The molecule has 3 rings (SSSR count). The van der Waals surface area contributed by atoms with Crippen LogP contribution in [0.1, 0.15) is 43.0 Å². The molecular formula is C26H29N. The van der Waals surface area contributed by atoms with E-state index in [0.29, 0.717) is 0 Å². The molecule has 0 saturated heterocycles. The summed E-state index contributed by atoms with van der Waals surface area (Å²) in [6.07, 6.45) is 8.72. The zero-order chi connectivity index (χ0) is 19.5. The van der Waals surface area contributed by atoms with Crippen molar-refractivity contribution in [3.63, 3.8) is 0 Å². The van der Waals surface area contributed by atoms with Gasteiger partial charge in [-0.15, -0.1) is 0 Å². The minimum atomic E-state index is 0.900. The van der Waals surface area contributed by atoms with Gasteiger partial charge in [-0.2, -0.15) is 0 Å². The van der Waals surface area contributed by atoms with Crippen LogP contribution < -0.4 is 5.73 Å². The normalized spacial score (nSPS) is 10.8. The van der Waals surface area contributed by atoms with E-state index in [2.05, 4.69) is 78.9 Å². The van der Waals surface area contributed by atoms with Crippen LogP contribution in [0.25, 0.3) is 23.3 Å². The maximum Gasteiger partial charge on any atom is -0.00198 e.